The second kappa shape index (κ2) is 73.0. The minimum Gasteiger partial charge on any atom is -0.462 e. The first-order valence-corrected chi connectivity index (χ1v) is 44.7. The van der Waals surface area contributed by atoms with Crippen molar-refractivity contribution in [2.75, 3.05) is 39.6 Å². The molecule has 0 aliphatic heterocycles. The lowest BCUT2D eigenvalue weighted by Gasteiger charge is -2.21. The normalized spacial score (nSPS) is 14.1. The Morgan fingerprint density at radius 3 is 0.717 bits per heavy atom. The van der Waals surface area contributed by atoms with Crippen LogP contribution in [0, 0.1) is 5.92 Å². The van der Waals surface area contributed by atoms with Crippen LogP contribution in [0.5, 0.6) is 0 Å². The maximum atomic E-state index is 13.1. The summed E-state index contributed by atoms with van der Waals surface area (Å²) in [6.45, 7) is 7.35. The van der Waals surface area contributed by atoms with E-state index in [1.807, 2.05) is 0 Å². The molecule has 17 nitrogen and oxygen atoms in total. The van der Waals surface area contributed by atoms with Crippen LogP contribution in [0.25, 0.3) is 0 Å². The van der Waals surface area contributed by atoms with Gasteiger partial charge in [-0.15, -0.1) is 0 Å². The maximum absolute atomic E-state index is 13.1. The zero-order chi connectivity index (χ0) is 72.7. The van der Waals surface area contributed by atoms with Gasteiger partial charge in [0.05, 0.1) is 26.4 Å². The summed E-state index contributed by atoms with van der Waals surface area (Å²) < 4.78 is 68.6. The highest BCUT2D eigenvalue weighted by atomic mass is 31.2. The van der Waals surface area contributed by atoms with Crippen LogP contribution in [-0.2, 0) is 65.4 Å². The van der Waals surface area contributed by atoms with Crippen molar-refractivity contribution in [1.29, 1.82) is 0 Å². The van der Waals surface area contributed by atoms with Crippen LogP contribution in [-0.4, -0.2) is 96.7 Å². The van der Waals surface area contributed by atoms with Gasteiger partial charge in [-0.25, -0.2) is 9.13 Å². The minimum atomic E-state index is -4.96. The largest absolute Gasteiger partial charge is 0.472 e. The Morgan fingerprint density at radius 2 is 0.485 bits per heavy atom. The number of aliphatic hydroxyl groups excluding tert-OH is 1. The quantitative estimate of drug-likeness (QED) is 0.0222. The topological polar surface area (TPSA) is 237 Å². The van der Waals surface area contributed by atoms with Crippen LogP contribution < -0.4 is 0 Å². The number of aliphatic hydroxyl groups is 1. The number of hydrogen-bond acceptors (Lipinski definition) is 15. The Balaban J connectivity index is 5.18. The number of phosphoric ester groups is 2. The molecule has 0 aromatic rings. The molecule has 3 unspecified atom stereocenters. The van der Waals surface area contributed by atoms with Gasteiger partial charge < -0.3 is 33.8 Å². The van der Waals surface area contributed by atoms with Crippen molar-refractivity contribution in [2.24, 2.45) is 5.92 Å². The maximum Gasteiger partial charge on any atom is 0.472 e. The molecule has 0 aromatic heterocycles. The van der Waals surface area contributed by atoms with Crippen LogP contribution in [0.2, 0.25) is 0 Å². The molecule has 3 N–H and O–H groups in total. The summed E-state index contributed by atoms with van der Waals surface area (Å²) >= 11 is 0. The van der Waals surface area contributed by atoms with Gasteiger partial charge in [-0.05, 0) is 31.6 Å². The Kier molecular flexibility index (Phi) is 71.6. The van der Waals surface area contributed by atoms with E-state index in [1.165, 1.54) is 244 Å². The molecule has 6 atom stereocenters. The smallest absolute Gasteiger partial charge is 0.462 e. The van der Waals surface area contributed by atoms with Crippen molar-refractivity contribution in [3.63, 3.8) is 0 Å². The lowest BCUT2D eigenvalue weighted by molar-refractivity contribution is -0.161. The molecule has 0 rings (SSSR count). The number of phosphoric acid groups is 2. The summed E-state index contributed by atoms with van der Waals surface area (Å²) in [6.07, 6.45) is 63.9. The van der Waals surface area contributed by atoms with E-state index in [0.29, 0.717) is 25.7 Å². The van der Waals surface area contributed by atoms with E-state index in [4.69, 9.17) is 37.0 Å². The van der Waals surface area contributed by atoms with Gasteiger partial charge in [0.1, 0.15) is 19.3 Å². The first-order chi connectivity index (χ1) is 48.1. The van der Waals surface area contributed by atoms with E-state index in [2.05, 4.69) is 34.6 Å². The van der Waals surface area contributed by atoms with Gasteiger partial charge in [0.25, 0.3) is 0 Å². The Morgan fingerprint density at radius 1 is 0.283 bits per heavy atom. The lowest BCUT2D eigenvalue weighted by Crippen LogP contribution is -2.30. The van der Waals surface area contributed by atoms with Crippen LogP contribution >= 0.6 is 15.6 Å². The highest BCUT2D eigenvalue weighted by Crippen LogP contribution is 2.45. The van der Waals surface area contributed by atoms with Gasteiger partial charge in [-0.1, -0.05) is 375 Å². The number of esters is 4. The summed E-state index contributed by atoms with van der Waals surface area (Å²) in [5, 5.41) is 10.6. The third-order valence-corrected chi connectivity index (χ3v) is 21.0. The Hall–Kier alpha value is -1.94. The molecule has 99 heavy (non-hydrogen) atoms. The lowest BCUT2D eigenvalue weighted by atomic mass is 9.99. The predicted octanol–water partition coefficient (Wildman–Crippen LogP) is 24.0. The van der Waals surface area contributed by atoms with E-state index in [-0.39, 0.29) is 25.7 Å². The second-order valence-electron chi connectivity index (χ2n) is 29.1. The van der Waals surface area contributed by atoms with Crippen molar-refractivity contribution in [2.45, 2.75) is 445 Å². The van der Waals surface area contributed by atoms with Crippen molar-refractivity contribution in [3.8, 4) is 0 Å². The molecular formula is C80H156O17P2. The number of unbranched alkanes of at least 4 members (excludes halogenated alkanes) is 51. The van der Waals surface area contributed by atoms with Crippen molar-refractivity contribution < 1.29 is 80.2 Å². The van der Waals surface area contributed by atoms with Gasteiger partial charge in [0.2, 0.25) is 0 Å². The molecule has 0 radical (unpaired) electrons. The molecule has 0 saturated carbocycles. The molecule has 0 amide bonds. The number of ether oxygens (including phenoxy) is 4. The van der Waals surface area contributed by atoms with E-state index in [1.54, 1.807) is 0 Å². The summed E-state index contributed by atoms with van der Waals surface area (Å²) in [6, 6.07) is 0. The fraction of sp³-hybridized carbons (Fsp3) is 0.950. The highest BCUT2D eigenvalue weighted by Gasteiger charge is 2.30. The minimum absolute atomic E-state index is 0.108. The molecule has 0 aliphatic carbocycles. The second-order valence-corrected chi connectivity index (χ2v) is 32.0. The summed E-state index contributed by atoms with van der Waals surface area (Å²) in [4.78, 5) is 72.8. The number of carbonyl (C=O) groups excluding carboxylic acids is 4. The SMILES string of the molecule is CCCCCCCCCCCCCCCCCCCCCCCC(=O)O[C@H](COC(=O)CCCCCCCCCCCCCCCCC(C)CC)COP(=O)(O)OC[C@@H](O)COP(=O)(O)OC[C@@H](COC(=O)CCCCCCCCCC)OC(=O)CCCCCCCCCCCCCC. The first-order valence-electron chi connectivity index (χ1n) is 41.7. The molecule has 19 heteroatoms. The van der Waals surface area contributed by atoms with Gasteiger partial charge in [0.15, 0.2) is 12.2 Å². The zero-order valence-corrected chi connectivity index (χ0v) is 66.4. The van der Waals surface area contributed by atoms with E-state index in [9.17, 15) is 43.2 Å². The molecular weight excluding hydrogens is 1290 g/mol. The summed E-state index contributed by atoms with van der Waals surface area (Å²) in [5.41, 5.74) is 0. The van der Waals surface area contributed by atoms with E-state index >= 15 is 0 Å². The van der Waals surface area contributed by atoms with Crippen LogP contribution in [0.1, 0.15) is 426 Å². The third-order valence-electron chi connectivity index (χ3n) is 19.1. The van der Waals surface area contributed by atoms with Crippen molar-refractivity contribution in [3.05, 3.63) is 0 Å². The van der Waals surface area contributed by atoms with E-state index in [0.717, 1.165) is 102 Å². The number of hydrogen-bond donors (Lipinski definition) is 3. The molecule has 0 bridgehead atoms. The van der Waals surface area contributed by atoms with Crippen LogP contribution in [0.15, 0.2) is 0 Å². The fourth-order valence-corrected chi connectivity index (χ4v) is 14.0. The standard InChI is InChI=1S/C80H156O17P2/c1-6-10-13-16-19-22-24-26-27-28-29-30-31-32-33-38-42-46-51-56-61-66-80(85)97-76(70-91-78(83)64-59-54-49-44-41-37-35-34-36-39-43-47-52-57-62-73(5)9-4)72-95-99(88,89)93-68-74(81)67-92-98(86,87)94-71-75(69-90-77(82)63-58-53-48-21-18-15-12-8-3)96-79(84)65-60-55-50-45-40-25-23-20-17-14-11-7-2/h73-76,81H,6-72H2,1-5H3,(H,86,87)(H,88,89)/t73?,74-,75+,76+/m0/s1. The monoisotopic (exact) mass is 1450 g/mol. The number of carbonyl (C=O) groups is 4. The number of rotatable bonds is 80. The molecule has 0 aliphatic rings. The molecule has 588 valence electrons. The zero-order valence-electron chi connectivity index (χ0n) is 64.6. The highest BCUT2D eigenvalue weighted by molar-refractivity contribution is 7.47. The van der Waals surface area contributed by atoms with Gasteiger partial charge in [-0.2, -0.15) is 0 Å². The third kappa shape index (κ3) is 72.8. The summed E-state index contributed by atoms with van der Waals surface area (Å²) in [5.74, 6) is -1.26. The van der Waals surface area contributed by atoms with Crippen molar-refractivity contribution >= 4 is 39.5 Å². The Bertz CT molecular complexity index is 1890. The average molecular weight is 1450 g/mol. The predicted molar refractivity (Wildman–Crippen MR) is 405 cm³/mol. The van der Waals surface area contributed by atoms with Crippen LogP contribution in [0.4, 0.5) is 0 Å². The molecule has 0 aromatic carbocycles. The van der Waals surface area contributed by atoms with Gasteiger partial charge in [0, 0.05) is 25.7 Å². The molecule has 0 saturated heterocycles. The fourth-order valence-electron chi connectivity index (χ4n) is 12.4. The Labute approximate surface area is 607 Å². The van der Waals surface area contributed by atoms with Crippen molar-refractivity contribution in [1.82, 2.24) is 0 Å². The molecule has 0 spiro atoms. The molecule has 0 fully saturated rings. The first kappa shape index (κ1) is 97.1. The molecule has 0 heterocycles. The van der Waals surface area contributed by atoms with Crippen LogP contribution in [0.3, 0.4) is 0 Å². The summed E-state index contributed by atoms with van der Waals surface area (Å²) in [7, 11) is -9.91. The van der Waals surface area contributed by atoms with Gasteiger partial charge >= 0.3 is 39.5 Å². The van der Waals surface area contributed by atoms with Gasteiger partial charge in [-0.3, -0.25) is 37.3 Å². The van der Waals surface area contributed by atoms with E-state index < -0.39 is 97.5 Å². The average Bonchev–Trinajstić information content (AvgIpc) is 1.01.